The standard InChI is InChI=1S/C5H5NO2/c7-6(8)5-3-1-2-4-5/h1-3H,4H2. The first-order chi connectivity index (χ1) is 3.80. The van der Waals surface area contributed by atoms with Crippen LogP contribution >= 0.6 is 0 Å². The third-order valence-electron chi connectivity index (χ3n) is 0.986. The molecule has 1 aliphatic carbocycles. The molecular formula is C5H5NO2. The maximum atomic E-state index is 9.90. The quantitative estimate of drug-likeness (QED) is 0.375. The summed E-state index contributed by atoms with van der Waals surface area (Å²) in [5, 5.41) is 9.90. The molecule has 0 heterocycles. The van der Waals surface area contributed by atoms with E-state index in [1.165, 1.54) is 6.08 Å². The van der Waals surface area contributed by atoms with Crippen LogP contribution in [0.3, 0.4) is 0 Å². The van der Waals surface area contributed by atoms with E-state index in [9.17, 15) is 10.1 Å². The van der Waals surface area contributed by atoms with E-state index in [0.29, 0.717) is 6.42 Å². The predicted octanol–water partition coefficient (Wildman–Crippen LogP) is 1.11. The van der Waals surface area contributed by atoms with Gasteiger partial charge in [0, 0.05) is 6.08 Å². The third-order valence-corrected chi connectivity index (χ3v) is 0.986. The van der Waals surface area contributed by atoms with Crippen LogP contribution < -0.4 is 0 Å². The fourth-order valence-electron chi connectivity index (χ4n) is 0.571. The van der Waals surface area contributed by atoms with Gasteiger partial charge in [0.15, 0.2) is 0 Å². The van der Waals surface area contributed by atoms with Gasteiger partial charge < -0.3 is 0 Å². The molecule has 42 valence electrons. The number of hydrogen-bond donors (Lipinski definition) is 0. The van der Waals surface area contributed by atoms with Gasteiger partial charge in [-0.2, -0.15) is 0 Å². The van der Waals surface area contributed by atoms with Crippen molar-refractivity contribution in [2.24, 2.45) is 0 Å². The van der Waals surface area contributed by atoms with E-state index in [1.807, 2.05) is 0 Å². The molecule has 0 N–H and O–H groups in total. The maximum absolute atomic E-state index is 9.90. The second kappa shape index (κ2) is 1.78. The molecule has 3 heteroatoms. The molecule has 0 bridgehead atoms. The molecule has 1 aliphatic rings. The summed E-state index contributed by atoms with van der Waals surface area (Å²) in [4.78, 5) is 9.54. The number of nitro groups is 1. The van der Waals surface area contributed by atoms with Crippen molar-refractivity contribution in [3.8, 4) is 0 Å². The molecule has 8 heavy (non-hydrogen) atoms. The normalized spacial score (nSPS) is 16.2. The van der Waals surface area contributed by atoms with Crippen LogP contribution in [0.4, 0.5) is 0 Å². The first kappa shape index (κ1) is 5.03. The highest BCUT2D eigenvalue weighted by Crippen LogP contribution is 2.09. The van der Waals surface area contributed by atoms with Crippen molar-refractivity contribution >= 4 is 0 Å². The summed E-state index contributed by atoms with van der Waals surface area (Å²) in [5.41, 5.74) is 0.282. The number of nitrogens with zero attached hydrogens (tertiary/aromatic N) is 1. The van der Waals surface area contributed by atoms with Gasteiger partial charge in [0.25, 0.3) is 0 Å². The van der Waals surface area contributed by atoms with Gasteiger partial charge in [-0.3, -0.25) is 10.1 Å². The maximum Gasteiger partial charge on any atom is 0.249 e. The van der Waals surface area contributed by atoms with Crippen molar-refractivity contribution in [2.45, 2.75) is 6.42 Å². The van der Waals surface area contributed by atoms with E-state index in [1.54, 1.807) is 12.2 Å². The molecule has 0 aromatic heterocycles. The van der Waals surface area contributed by atoms with Crippen LogP contribution in [0.15, 0.2) is 23.9 Å². The van der Waals surface area contributed by atoms with E-state index in [4.69, 9.17) is 0 Å². The summed E-state index contributed by atoms with van der Waals surface area (Å²) in [6.07, 6.45) is 5.45. The van der Waals surface area contributed by atoms with Gasteiger partial charge in [0.2, 0.25) is 5.70 Å². The van der Waals surface area contributed by atoms with Gasteiger partial charge in [-0.05, 0) is 0 Å². The van der Waals surface area contributed by atoms with E-state index in [-0.39, 0.29) is 10.6 Å². The van der Waals surface area contributed by atoms with Crippen LogP contribution in [0.2, 0.25) is 0 Å². The first-order valence-electron chi connectivity index (χ1n) is 2.31. The SMILES string of the molecule is O=[N+]([O-])C1=CC=CC1. The van der Waals surface area contributed by atoms with Crippen molar-refractivity contribution in [2.75, 3.05) is 0 Å². The summed E-state index contributed by atoms with van der Waals surface area (Å²) in [7, 11) is 0. The first-order valence-corrected chi connectivity index (χ1v) is 2.31. The third kappa shape index (κ3) is 0.753. The summed E-state index contributed by atoms with van der Waals surface area (Å²) < 4.78 is 0. The van der Waals surface area contributed by atoms with Gasteiger partial charge in [0.05, 0.1) is 11.3 Å². The van der Waals surface area contributed by atoms with Crippen LogP contribution in [0, 0.1) is 10.1 Å². The second-order valence-corrected chi connectivity index (χ2v) is 1.55. The van der Waals surface area contributed by atoms with E-state index in [0.717, 1.165) is 0 Å². The lowest BCUT2D eigenvalue weighted by atomic mass is 10.4. The zero-order chi connectivity index (χ0) is 5.98. The Bertz CT molecular complexity index is 169. The Morgan fingerprint density at radius 1 is 1.75 bits per heavy atom. The minimum absolute atomic E-state index is 0.282. The van der Waals surface area contributed by atoms with E-state index >= 15 is 0 Å². The largest absolute Gasteiger partial charge is 0.259 e. The molecule has 0 radical (unpaired) electrons. The van der Waals surface area contributed by atoms with Gasteiger partial charge in [-0.25, -0.2) is 0 Å². The smallest absolute Gasteiger partial charge is 0.249 e. The molecule has 1 rings (SSSR count). The summed E-state index contributed by atoms with van der Waals surface area (Å²) in [6.45, 7) is 0. The molecule has 0 aromatic rings. The van der Waals surface area contributed by atoms with Gasteiger partial charge >= 0.3 is 0 Å². The predicted molar refractivity (Wildman–Crippen MR) is 28.8 cm³/mol. The Kier molecular flexibility index (Phi) is 1.12. The summed E-state index contributed by atoms with van der Waals surface area (Å²) >= 11 is 0. The Balaban J connectivity index is 2.64. The Morgan fingerprint density at radius 2 is 2.50 bits per heavy atom. The molecule has 0 aromatic carbocycles. The second-order valence-electron chi connectivity index (χ2n) is 1.55. The molecule has 3 nitrogen and oxygen atoms in total. The molecule has 0 unspecified atom stereocenters. The zero-order valence-corrected chi connectivity index (χ0v) is 4.20. The molecule has 0 fully saturated rings. The van der Waals surface area contributed by atoms with E-state index in [2.05, 4.69) is 0 Å². The molecule has 0 amide bonds. The molecular weight excluding hydrogens is 106 g/mol. The van der Waals surface area contributed by atoms with Crippen molar-refractivity contribution in [1.29, 1.82) is 0 Å². The monoisotopic (exact) mass is 111 g/mol. The van der Waals surface area contributed by atoms with Crippen LogP contribution in [0.25, 0.3) is 0 Å². The highest BCUT2D eigenvalue weighted by molar-refractivity contribution is 5.17. The lowest BCUT2D eigenvalue weighted by molar-refractivity contribution is -0.426. The van der Waals surface area contributed by atoms with Crippen molar-refractivity contribution < 1.29 is 4.92 Å². The molecule has 0 spiro atoms. The lowest BCUT2D eigenvalue weighted by Gasteiger charge is -1.84. The minimum Gasteiger partial charge on any atom is -0.259 e. The van der Waals surface area contributed by atoms with Crippen molar-refractivity contribution in [1.82, 2.24) is 0 Å². The van der Waals surface area contributed by atoms with Crippen LogP contribution in [-0.2, 0) is 0 Å². The van der Waals surface area contributed by atoms with Crippen LogP contribution in [0.1, 0.15) is 6.42 Å². The zero-order valence-electron chi connectivity index (χ0n) is 4.20. The highest BCUT2D eigenvalue weighted by Gasteiger charge is 2.08. The lowest BCUT2D eigenvalue weighted by Crippen LogP contribution is -1.93. The van der Waals surface area contributed by atoms with Crippen molar-refractivity contribution in [3.63, 3.8) is 0 Å². The van der Waals surface area contributed by atoms with Gasteiger partial charge in [-0.1, -0.05) is 12.2 Å². The Hall–Kier alpha value is -1.12. The highest BCUT2D eigenvalue weighted by atomic mass is 16.6. The summed E-state index contributed by atoms with van der Waals surface area (Å²) in [6, 6.07) is 0. The average molecular weight is 111 g/mol. The number of allylic oxidation sites excluding steroid dienone is 3. The number of rotatable bonds is 1. The topological polar surface area (TPSA) is 43.1 Å². The number of hydrogen-bond acceptors (Lipinski definition) is 2. The van der Waals surface area contributed by atoms with E-state index < -0.39 is 0 Å². The molecule has 0 saturated carbocycles. The summed E-state index contributed by atoms with van der Waals surface area (Å²) in [5.74, 6) is 0. The van der Waals surface area contributed by atoms with Crippen molar-refractivity contribution in [3.05, 3.63) is 34.0 Å². The van der Waals surface area contributed by atoms with Gasteiger partial charge in [-0.15, -0.1) is 0 Å². The molecule has 0 aliphatic heterocycles. The molecule has 0 saturated heterocycles. The minimum atomic E-state index is -0.361. The van der Waals surface area contributed by atoms with Crippen LogP contribution in [0.5, 0.6) is 0 Å². The van der Waals surface area contributed by atoms with Gasteiger partial charge in [0.1, 0.15) is 0 Å². The van der Waals surface area contributed by atoms with Crippen LogP contribution in [-0.4, -0.2) is 4.92 Å². The Labute approximate surface area is 46.5 Å². The molecule has 0 atom stereocenters. The average Bonchev–Trinajstić information content (AvgIpc) is 2.12. The fraction of sp³-hybridized carbons (Fsp3) is 0.200. The Morgan fingerprint density at radius 3 is 2.75 bits per heavy atom. The fourth-order valence-corrected chi connectivity index (χ4v) is 0.571.